The fourth-order valence-corrected chi connectivity index (χ4v) is 1.99. The van der Waals surface area contributed by atoms with E-state index >= 15 is 0 Å². The minimum Gasteiger partial charge on any atom is -0.361 e. The topological polar surface area (TPSA) is 68.7 Å². The van der Waals surface area contributed by atoms with Gasteiger partial charge in [0.05, 0.1) is 0 Å². The zero-order chi connectivity index (χ0) is 14.4. The Balaban J connectivity index is 2.23. The Labute approximate surface area is 118 Å². The Hall–Kier alpha value is -2.54. The van der Waals surface area contributed by atoms with Crippen LogP contribution in [0.15, 0.2) is 36.0 Å². The van der Waals surface area contributed by atoms with Gasteiger partial charge in [-0.3, -0.25) is 4.79 Å². The predicted molar refractivity (Wildman–Crippen MR) is 79.8 cm³/mol. The first-order chi connectivity index (χ1) is 9.76. The SMILES string of the molecule is CCCCNC(=O)/C(C#N)=C/c1c[nH]c2ccccc12. The van der Waals surface area contributed by atoms with E-state index in [9.17, 15) is 4.79 Å². The van der Waals surface area contributed by atoms with Crippen molar-refractivity contribution in [2.75, 3.05) is 6.54 Å². The number of benzene rings is 1. The molecule has 1 amide bonds. The molecule has 0 aliphatic carbocycles. The van der Waals surface area contributed by atoms with Gasteiger partial charge in [0, 0.05) is 29.2 Å². The number of aromatic nitrogens is 1. The minimum absolute atomic E-state index is 0.130. The summed E-state index contributed by atoms with van der Waals surface area (Å²) in [6.07, 6.45) is 5.35. The lowest BCUT2D eigenvalue weighted by Gasteiger charge is -2.02. The second-order valence-corrected chi connectivity index (χ2v) is 4.57. The molecule has 2 aromatic rings. The molecule has 0 aliphatic rings. The molecule has 1 aromatic carbocycles. The zero-order valence-electron chi connectivity index (χ0n) is 11.4. The van der Waals surface area contributed by atoms with Gasteiger partial charge in [-0.05, 0) is 18.6 Å². The molecule has 0 saturated carbocycles. The molecule has 102 valence electrons. The maximum Gasteiger partial charge on any atom is 0.261 e. The molecule has 0 spiro atoms. The summed E-state index contributed by atoms with van der Waals surface area (Å²) in [7, 11) is 0. The molecule has 2 N–H and O–H groups in total. The summed E-state index contributed by atoms with van der Waals surface area (Å²) < 4.78 is 0. The molecule has 20 heavy (non-hydrogen) atoms. The van der Waals surface area contributed by atoms with Gasteiger partial charge in [0.2, 0.25) is 0 Å². The van der Waals surface area contributed by atoms with Gasteiger partial charge in [0.25, 0.3) is 5.91 Å². The standard InChI is InChI=1S/C16H17N3O/c1-2-3-8-18-16(20)12(10-17)9-13-11-19-15-7-5-4-6-14(13)15/h4-7,9,11,19H,2-3,8H2,1H3,(H,18,20)/b12-9+. The van der Waals surface area contributed by atoms with Crippen LogP contribution < -0.4 is 5.32 Å². The number of H-pyrrole nitrogens is 1. The Kier molecular flexibility index (Phi) is 4.56. The van der Waals surface area contributed by atoms with Crippen molar-refractivity contribution in [3.63, 3.8) is 0 Å². The van der Waals surface area contributed by atoms with Gasteiger partial charge < -0.3 is 10.3 Å². The van der Waals surface area contributed by atoms with E-state index in [1.54, 1.807) is 12.3 Å². The number of nitrogens with one attached hydrogen (secondary N) is 2. The molecule has 0 fully saturated rings. The van der Waals surface area contributed by atoms with E-state index in [1.807, 2.05) is 30.3 Å². The quantitative estimate of drug-likeness (QED) is 0.496. The fraction of sp³-hybridized carbons (Fsp3) is 0.250. The Bertz CT molecular complexity index is 676. The number of fused-ring (bicyclic) bond motifs is 1. The second-order valence-electron chi connectivity index (χ2n) is 4.57. The van der Waals surface area contributed by atoms with E-state index in [1.165, 1.54) is 0 Å². The van der Waals surface area contributed by atoms with E-state index < -0.39 is 0 Å². The minimum atomic E-state index is -0.314. The number of nitriles is 1. The van der Waals surface area contributed by atoms with Gasteiger partial charge in [0.15, 0.2) is 0 Å². The lowest BCUT2D eigenvalue weighted by Crippen LogP contribution is -2.25. The van der Waals surface area contributed by atoms with Crippen LogP contribution in [0.3, 0.4) is 0 Å². The number of aromatic amines is 1. The van der Waals surface area contributed by atoms with Crippen molar-refractivity contribution in [1.82, 2.24) is 10.3 Å². The van der Waals surface area contributed by atoms with Crippen molar-refractivity contribution in [3.05, 3.63) is 41.6 Å². The van der Waals surface area contributed by atoms with Crippen LogP contribution in [0.2, 0.25) is 0 Å². The number of para-hydroxylation sites is 1. The Morgan fingerprint density at radius 3 is 3.00 bits per heavy atom. The predicted octanol–water partition coefficient (Wildman–Crippen LogP) is 2.99. The van der Waals surface area contributed by atoms with Gasteiger partial charge in [-0.15, -0.1) is 0 Å². The number of carbonyl (C=O) groups excluding carboxylic acids is 1. The molecule has 0 aliphatic heterocycles. The first-order valence-corrected chi connectivity index (χ1v) is 6.72. The highest BCUT2D eigenvalue weighted by Crippen LogP contribution is 2.20. The van der Waals surface area contributed by atoms with Gasteiger partial charge in [-0.1, -0.05) is 31.5 Å². The van der Waals surface area contributed by atoms with Crippen LogP contribution in [0.4, 0.5) is 0 Å². The number of hydrogen-bond donors (Lipinski definition) is 2. The molecule has 0 radical (unpaired) electrons. The monoisotopic (exact) mass is 267 g/mol. The summed E-state index contributed by atoms with van der Waals surface area (Å²) >= 11 is 0. The summed E-state index contributed by atoms with van der Waals surface area (Å²) in [5.41, 5.74) is 1.97. The summed E-state index contributed by atoms with van der Waals surface area (Å²) in [6.45, 7) is 2.65. The first kappa shape index (κ1) is 13.9. The van der Waals surface area contributed by atoms with Crippen molar-refractivity contribution in [2.45, 2.75) is 19.8 Å². The number of nitrogens with zero attached hydrogens (tertiary/aromatic N) is 1. The van der Waals surface area contributed by atoms with E-state index in [0.717, 1.165) is 29.3 Å². The van der Waals surface area contributed by atoms with Crippen molar-refractivity contribution >= 4 is 22.9 Å². The van der Waals surface area contributed by atoms with E-state index in [2.05, 4.69) is 17.2 Å². The van der Waals surface area contributed by atoms with Crippen LogP contribution in [0.1, 0.15) is 25.3 Å². The highest BCUT2D eigenvalue weighted by atomic mass is 16.1. The molecule has 4 heteroatoms. The van der Waals surface area contributed by atoms with Crippen LogP contribution in [0.5, 0.6) is 0 Å². The molecule has 0 unspecified atom stereocenters. The second kappa shape index (κ2) is 6.58. The third kappa shape index (κ3) is 3.07. The number of amides is 1. The Morgan fingerprint density at radius 2 is 2.25 bits per heavy atom. The summed E-state index contributed by atoms with van der Waals surface area (Å²) in [4.78, 5) is 15.0. The largest absolute Gasteiger partial charge is 0.361 e. The Morgan fingerprint density at radius 1 is 1.45 bits per heavy atom. The highest BCUT2D eigenvalue weighted by molar-refractivity contribution is 6.03. The fourth-order valence-electron chi connectivity index (χ4n) is 1.99. The van der Waals surface area contributed by atoms with Gasteiger partial charge >= 0.3 is 0 Å². The van der Waals surface area contributed by atoms with Crippen molar-refractivity contribution < 1.29 is 4.79 Å². The van der Waals surface area contributed by atoms with E-state index in [4.69, 9.17) is 5.26 Å². The summed E-state index contributed by atoms with van der Waals surface area (Å²) in [6, 6.07) is 9.76. The summed E-state index contributed by atoms with van der Waals surface area (Å²) in [5, 5.41) is 12.9. The van der Waals surface area contributed by atoms with Crippen molar-refractivity contribution in [3.8, 4) is 6.07 Å². The maximum atomic E-state index is 11.9. The van der Waals surface area contributed by atoms with E-state index in [0.29, 0.717) is 6.54 Å². The normalized spacial score (nSPS) is 11.3. The number of rotatable bonds is 5. The molecule has 2 rings (SSSR count). The van der Waals surface area contributed by atoms with Gasteiger partial charge in [-0.2, -0.15) is 5.26 Å². The lowest BCUT2D eigenvalue weighted by atomic mass is 10.1. The van der Waals surface area contributed by atoms with Gasteiger partial charge in [0.1, 0.15) is 11.6 Å². The molecule has 4 nitrogen and oxygen atoms in total. The van der Waals surface area contributed by atoms with Crippen LogP contribution in [-0.2, 0) is 4.79 Å². The number of carbonyl (C=O) groups is 1. The van der Waals surface area contributed by atoms with Crippen molar-refractivity contribution in [1.29, 1.82) is 5.26 Å². The number of hydrogen-bond acceptors (Lipinski definition) is 2. The molecule has 0 saturated heterocycles. The van der Waals surface area contributed by atoms with Crippen LogP contribution >= 0.6 is 0 Å². The average Bonchev–Trinajstić information content (AvgIpc) is 2.88. The lowest BCUT2D eigenvalue weighted by molar-refractivity contribution is -0.117. The van der Waals surface area contributed by atoms with E-state index in [-0.39, 0.29) is 11.5 Å². The molecular weight excluding hydrogens is 250 g/mol. The van der Waals surface area contributed by atoms with Crippen molar-refractivity contribution in [2.24, 2.45) is 0 Å². The van der Waals surface area contributed by atoms with Crippen LogP contribution in [0.25, 0.3) is 17.0 Å². The molecule has 1 aromatic heterocycles. The molecule has 1 heterocycles. The maximum absolute atomic E-state index is 11.9. The van der Waals surface area contributed by atoms with Crippen LogP contribution in [-0.4, -0.2) is 17.4 Å². The highest BCUT2D eigenvalue weighted by Gasteiger charge is 2.09. The van der Waals surface area contributed by atoms with Crippen LogP contribution in [0, 0.1) is 11.3 Å². The third-order valence-electron chi connectivity index (χ3n) is 3.10. The molecular formula is C16H17N3O. The first-order valence-electron chi connectivity index (χ1n) is 6.72. The number of unbranched alkanes of at least 4 members (excludes halogenated alkanes) is 1. The summed E-state index contributed by atoms with van der Waals surface area (Å²) in [5.74, 6) is -0.314. The zero-order valence-corrected chi connectivity index (χ0v) is 11.4. The smallest absolute Gasteiger partial charge is 0.261 e. The molecule has 0 atom stereocenters. The third-order valence-corrected chi connectivity index (χ3v) is 3.10. The average molecular weight is 267 g/mol. The molecule has 0 bridgehead atoms. The van der Waals surface area contributed by atoms with Gasteiger partial charge in [-0.25, -0.2) is 0 Å².